The van der Waals surface area contributed by atoms with Gasteiger partial charge in [0, 0.05) is 6.61 Å². The molecular formula is C20H24N2O7. The predicted molar refractivity (Wildman–Crippen MR) is 98.7 cm³/mol. The Morgan fingerprint density at radius 1 is 1.21 bits per heavy atom. The van der Waals surface area contributed by atoms with Gasteiger partial charge in [0.25, 0.3) is 0 Å². The first-order valence-electron chi connectivity index (χ1n) is 9.81. The summed E-state index contributed by atoms with van der Waals surface area (Å²) in [6.45, 7) is 0.562. The molecule has 4 atom stereocenters. The zero-order valence-electron chi connectivity index (χ0n) is 15.9. The van der Waals surface area contributed by atoms with E-state index in [-0.39, 0.29) is 19.7 Å². The number of fused-ring (bicyclic) bond motifs is 1. The molecular weight excluding hydrogens is 380 g/mol. The fourth-order valence-corrected chi connectivity index (χ4v) is 4.13. The quantitative estimate of drug-likeness (QED) is 0.561. The molecule has 0 radical (unpaired) electrons. The van der Waals surface area contributed by atoms with E-state index >= 15 is 0 Å². The van der Waals surface area contributed by atoms with Crippen LogP contribution in [-0.2, 0) is 30.4 Å². The van der Waals surface area contributed by atoms with E-state index in [1.165, 1.54) is 4.90 Å². The molecule has 9 nitrogen and oxygen atoms in total. The lowest BCUT2D eigenvalue weighted by atomic mass is 9.94. The number of ether oxygens (including phenoxy) is 3. The van der Waals surface area contributed by atoms with E-state index in [9.17, 15) is 19.5 Å². The fourth-order valence-electron chi connectivity index (χ4n) is 4.13. The molecule has 0 spiro atoms. The number of benzene rings is 1. The third kappa shape index (κ3) is 4.06. The summed E-state index contributed by atoms with van der Waals surface area (Å²) in [5.74, 6) is -0.938. The third-order valence-corrected chi connectivity index (χ3v) is 5.57. The van der Waals surface area contributed by atoms with Gasteiger partial charge in [-0.25, -0.2) is 4.79 Å². The van der Waals surface area contributed by atoms with E-state index in [4.69, 9.17) is 14.2 Å². The predicted octanol–water partition coefficient (Wildman–Crippen LogP) is 1.21. The number of hydrogen-bond acceptors (Lipinski definition) is 6. The average molecular weight is 404 g/mol. The third-order valence-electron chi connectivity index (χ3n) is 5.57. The Labute approximate surface area is 168 Å². The smallest absolute Gasteiger partial charge is 0.408 e. The van der Waals surface area contributed by atoms with Crippen LogP contribution in [0.15, 0.2) is 30.3 Å². The SMILES string of the molecule is O=C(CN1C(=O)[C@@H]2[C@H]1[C@@H](OC1CCCCO1)CN2C(=O)O)OCc1ccccc1. The second kappa shape index (κ2) is 8.38. The Kier molecular flexibility index (Phi) is 5.68. The first kappa shape index (κ1) is 19.7. The van der Waals surface area contributed by atoms with Crippen molar-refractivity contribution < 1.29 is 33.7 Å². The molecule has 1 unspecified atom stereocenters. The molecule has 3 aliphatic heterocycles. The lowest BCUT2D eigenvalue weighted by molar-refractivity contribution is -0.202. The molecule has 9 heteroatoms. The number of amides is 2. The van der Waals surface area contributed by atoms with Crippen molar-refractivity contribution in [3.8, 4) is 0 Å². The van der Waals surface area contributed by atoms with Crippen LogP contribution in [0.25, 0.3) is 0 Å². The van der Waals surface area contributed by atoms with Crippen LogP contribution < -0.4 is 0 Å². The molecule has 1 aromatic carbocycles. The largest absolute Gasteiger partial charge is 0.465 e. The summed E-state index contributed by atoms with van der Waals surface area (Å²) in [7, 11) is 0. The number of carbonyl (C=O) groups excluding carboxylic acids is 2. The van der Waals surface area contributed by atoms with E-state index in [2.05, 4.69) is 0 Å². The van der Waals surface area contributed by atoms with Gasteiger partial charge in [-0.15, -0.1) is 0 Å². The van der Waals surface area contributed by atoms with Gasteiger partial charge >= 0.3 is 12.1 Å². The molecule has 1 N–H and O–H groups in total. The van der Waals surface area contributed by atoms with Crippen LogP contribution in [0, 0.1) is 0 Å². The van der Waals surface area contributed by atoms with E-state index in [0.717, 1.165) is 29.7 Å². The van der Waals surface area contributed by atoms with Gasteiger partial charge in [0.2, 0.25) is 5.91 Å². The Morgan fingerprint density at radius 3 is 2.69 bits per heavy atom. The second-order valence-corrected chi connectivity index (χ2v) is 7.45. The minimum absolute atomic E-state index is 0.0752. The van der Waals surface area contributed by atoms with Crippen molar-refractivity contribution in [2.75, 3.05) is 19.7 Å². The monoisotopic (exact) mass is 404 g/mol. The van der Waals surface area contributed by atoms with Crippen molar-refractivity contribution in [3.05, 3.63) is 35.9 Å². The van der Waals surface area contributed by atoms with Gasteiger partial charge in [-0.2, -0.15) is 0 Å². The van der Waals surface area contributed by atoms with Gasteiger partial charge in [0.05, 0.1) is 12.6 Å². The van der Waals surface area contributed by atoms with Crippen LogP contribution in [0.3, 0.4) is 0 Å². The molecule has 0 aromatic heterocycles. The fraction of sp³-hybridized carbons (Fsp3) is 0.550. The van der Waals surface area contributed by atoms with Crippen LogP contribution in [0.5, 0.6) is 0 Å². The summed E-state index contributed by atoms with van der Waals surface area (Å²) in [5, 5.41) is 9.43. The van der Waals surface area contributed by atoms with Crippen LogP contribution >= 0.6 is 0 Å². The van der Waals surface area contributed by atoms with Crippen molar-refractivity contribution in [3.63, 3.8) is 0 Å². The second-order valence-electron chi connectivity index (χ2n) is 7.45. The molecule has 3 aliphatic rings. The molecule has 156 valence electrons. The van der Waals surface area contributed by atoms with Crippen molar-refractivity contribution in [2.24, 2.45) is 0 Å². The number of nitrogens with zero attached hydrogens (tertiary/aromatic N) is 2. The zero-order chi connectivity index (χ0) is 20.4. The average Bonchev–Trinajstić information content (AvgIpc) is 3.07. The molecule has 3 heterocycles. The summed E-state index contributed by atoms with van der Waals surface area (Å²) < 4.78 is 16.8. The van der Waals surface area contributed by atoms with Gasteiger partial charge < -0.3 is 24.2 Å². The number of β-lactam (4-membered cyclic amide) rings is 1. The maximum Gasteiger partial charge on any atom is 0.408 e. The van der Waals surface area contributed by atoms with Gasteiger partial charge in [-0.1, -0.05) is 30.3 Å². The lowest BCUT2D eigenvalue weighted by Gasteiger charge is -2.45. The molecule has 0 aliphatic carbocycles. The van der Waals surface area contributed by atoms with Gasteiger partial charge in [0.1, 0.15) is 25.3 Å². The first-order valence-corrected chi connectivity index (χ1v) is 9.81. The van der Waals surface area contributed by atoms with Gasteiger partial charge in [0.15, 0.2) is 6.29 Å². The standard InChI is InChI=1S/C20H24N2O7/c23-15(28-12-13-6-2-1-3-7-13)11-21-17-14(29-16-8-4-5-9-27-16)10-22(20(25)26)18(17)19(21)24/h1-3,6-7,14,16-18H,4-5,8-12H2,(H,25,26)/t14-,16?,17+,18-/m0/s1. The molecule has 0 bridgehead atoms. The summed E-state index contributed by atoms with van der Waals surface area (Å²) in [6.07, 6.45) is 0.562. The Bertz CT molecular complexity index is 765. The number of esters is 1. The highest BCUT2D eigenvalue weighted by Crippen LogP contribution is 2.36. The summed E-state index contributed by atoms with van der Waals surface area (Å²) in [5.41, 5.74) is 0.849. The number of rotatable bonds is 6. The summed E-state index contributed by atoms with van der Waals surface area (Å²) >= 11 is 0. The number of carboxylic acid groups (broad SMARTS) is 1. The zero-order valence-corrected chi connectivity index (χ0v) is 15.9. The molecule has 29 heavy (non-hydrogen) atoms. The van der Waals surface area contributed by atoms with Crippen LogP contribution in [-0.4, -0.2) is 77.1 Å². The lowest BCUT2D eigenvalue weighted by Crippen LogP contribution is -2.70. The maximum atomic E-state index is 12.5. The molecule has 3 saturated heterocycles. The normalized spacial score (nSPS) is 28.6. The minimum atomic E-state index is -1.17. The van der Waals surface area contributed by atoms with Crippen molar-refractivity contribution in [1.29, 1.82) is 0 Å². The van der Waals surface area contributed by atoms with E-state index in [1.807, 2.05) is 30.3 Å². The van der Waals surface area contributed by atoms with Crippen LogP contribution in [0.1, 0.15) is 24.8 Å². The highest BCUT2D eigenvalue weighted by Gasteiger charge is 2.61. The Morgan fingerprint density at radius 2 is 2.00 bits per heavy atom. The maximum absolute atomic E-state index is 12.5. The summed E-state index contributed by atoms with van der Waals surface area (Å²) in [6, 6.07) is 7.93. The highest BCUT2D eigenvalue weighted by molar-refractivity contribution is 5.95. The molecule has 2 amide bonds. The molecule has 3 fully saturated rings. The van der Waals surface area contributed by atoms with Crippen LogP contribution in [0.2, 0.25) is 0 Å². The summed E-state index contributed by atoms with van der Waals surface area (Å²) in [4.78, 5) is 38.8. The number of hydrogen-bond donors (Lipinski definition) is 1. The van der Waals surface area contributed by atoms with Gasteiger partial charge in [-0.3, -0.25) is 14.5 Å². The van der Waals surface area contributed by atoms with Crippen molar-refractivity contribution >= 4 is 18.0 Å². The topological polar surface area (TPSA) is 106 Å². The van der Waals surface area contributed by atoms with Gasteiger partial charge in [-0.05, 0) is 24.8 Å². The Hall–Kier alpha value is -2.65. The molecule has 0 saturated carbocycles. The van der Waals surface area contributed by atoms with Crippen molar-refractivity contribution in [1.82, 2.24) is 9.80 Å². The van der Waals surface area contributed by atoms with E-state index in [0.29, 0.717) is 6.61 Å². The van der Waals surface area contributed by atoms with Crippen LogP contribution in [0.4, 0.5) is 4.79 Å². The number of carbonyl (C=O) groups is 3. The Balaban J connectivity index is 1.38. The molecule has 4 rings (SSSR count). The van der Waals surface area contributed by atoms with E-state index < -0.39 is 42.4 Å². The minimum Gasteiger partial charge on any atom is -0.465 e. The number of likely N-dealkylation sites (tertiary alicyclic amines) is 2. The van der Waals surface area contributed by atoms with Crippen molar-refractivity contribution in [2.45, 2.75) is 50.3 Å². The first-order chi connectivity index (χ1) is 14.0. The molecule has 1 aromatic rings. The van der Waals surface area contributed by atoms with E-state index in [1.54, 1.807) is 0 Å². The highest BCUT2D eigenvalue weighted by atomic mass is 16.7.